The fourth-order valence-electron chi connectivity index (χ4n) is 1.83. The molecule has 96 valence electrons. The average molecular weight is 230 g/mol. The quantitative estimate of drug-likeness (QED) is 0.540. The fourth-order valence-corrected chi connectivity index (χ4v) is 1.83. The number of methoxy groups -OCH3 is 1. The first kappa shape index (κ1) is 13.9. The predicted molar refractivity (Wildman–Crippen MR) is 64.7 cm³/mol. The summed E-state index contributed by atoms with van der Waals surface area (Å²) in [6.07, 6.45) is 6.22. The van der Waals surface area contributed by atoms with E-state index in [4.69, 9.17) is 14.2 Å². The molecule has 1 aliphatic heterocycles. The van der Waals surface area contributed by atoms with Crippen molar-refractivity contribution in [2.24, 2.45) is 5.41 Å². The zero-order valence-corrected chi connectivity index (χ0v) is 10.8. The zero-order chi connectivity index (χ0) is 11.7. The third kappa shape index (κ3) is 5.83. The lowest BCUT2D eigenvalue weighted by molar-refractivity contribution is -0.137. The van der Waals surface area contributed by atoms with Crippen LogP contribution in [0.15, 0.2) is 0 Å². The molecule has 0 N–H and O–H groups in total. The minimum atomic E-state index is 0.304. The van der Waals surface area contributed by atoms with E-state index in [2.05, 4.69) is 6.92 Å². The Labute approximate surface area is 99.5 Å². The molecule has 0 unspecified atom stereocenters. The predicted octanol–water partition coefficient (Wildman–Crippen LogP) is 2.64. The molecule has 0 aliphatic carbocycles. The van der Waals surface area contributed by atoms with Crippen LogP contribution >= 0.6 is 0 Å². The Balaban J connectivity index is 1.74. The summed E-state index contributed by atoms with van der Waals surface area (Å²) >= 11 is 0. The largest absolute Gasteiger partial charge is 0.385 e. The van der Waals surface area contributed by atoms with Gasteiger partial charge >= 0.3 is 0 Å². The van der Waals surface area contributed by atoms with E-state index in [0.29, 0.717) is 5.41 Å². The Morgan fingerprint density at radius 2 is 1.62 bits per heavy atom. The number of unbranched alkanes of at least 4 members (excludes halogenated alkanes) is 4. The van der Waals surface area contributed by atoms with Gasteiger partial charge in [-0.15, -0.1) is 0 Å². The summed E-state index contributed by atoms with van der Waals surface area (Å²) in [6.45, 7) is 6.61. The summed E-state index contributed by atoms with van der Waals surface area (Å²) in [6, 6.07) is 0. The van der Waals surface area contributed by atoms with Crippen LogP contribution in [-0.4, -0.2) is 40.1 Å². The molecule has 1 saturated heterocycles. The van der Waals surface area contributed by atoms with E-state index < -0.39 is 0 Å². The molecule has 16 heavy (non-hydrogen) atoms. The summed E-state index contributed by atoms with van der Waals surface area (Å²) < 4.78 is 15.8. The molecular weight excluding hydrogens is 204 g/mol. The topological polar surface area (TPSA) is 27.7 Å². The lowest BCUT2D eigenvalue weighted by atomic mass is 9.90. The van der Waals surface area contributed by atoms with Crippen LogP contribution in [0.2, 0.25) is 0 Å². The molecule has 0 saturated carbocycles. The smallest absolute Gasteiger partial charge is 0.0564 e. The van der Waals surface area contributed by atoms with Gasteiger partial charge in [-0.05, 0) is 12.8 Å². The van der Waals surface area contributed by atoms with Crippen molar-refractivity contribution in [3.8, 4) is 0 Å². The molecule has 0 bridgehead atoms. The second-order valence-electron chi connectivity index (χ2n) is 5.12. The van der Waals surface area contributed by atoms with Gasteiger partial charge in [0, 0.05) is 25.7 Å². The van der Waals surface area contributed by atoms with Gasteiger partial charge in [0.25, 0.3) is 0 Å². The van der Waals surface area contributed by atoms with Crippen molar-refractivity contribution in [3.63, 3.8) is 0 Å². The highest BCUT2D eigenvalue weighted by Crippen LogP contribution is 2.26. The van der Waals surface area contributed by atoms with Crippen molar-refractivity contribution < 1.29 is 14.2 Å². The normalized spacial score (nSPS) is 18.4. The van der Waals surface area contributed by atoms with Crippen LogP contribution in [0.4, 0.5) is 0 Å². The van der Waals surface area contributed by atoms with E-state index in [1.807, 2.05) is 0 Å². The number of hydrogen-bond acceptors (Lipinski definition) is 3. The molecule has 1 rings (SSSR count). The first-order valence-corrected chi connectivity index (χ1v) is 6.41. The maximum absolute atomic E-state index is 5.66. The lowest BCUT2D eigenvalue weighted by Crippen LogP contribution is -2.43. The van der Waals surface area contributed by atoms with Crippen LogP contribution in [0.1, 0.15) is 39.0 Å². The third-order valence-corrected chi connectivity index (χ3v) is 2.99. The zero-order valence-electron chi connectivity index (χ0n) is 10.8. The van der Waals surface area contributed by atoms with Crippen LogP contribution in [0.3, 0.4) is 0 Å². The fraction of sp³-hybridized carbons (Fsp3) is 1.00. The summed E-state index contributed by atoms with van der Waals surface area (Å²) in [4.78, 5) is 0. The summed E-state index contributed by atoms with van der Waals surface area (Å²) in [5.41, 5.74) is 0.304. The molecule has 0 spiro atoms. The van der Waals surface area contributed by atoms with Gasteiger partial charge in [-0.2, -0.15) is 0 Å². The van der Waals surface area contributed by atoms with Crippen LogP contribution in [-0.2, 0) is 14.2 Å². The van der Waals surface area contributed by atoms with Crippen molar-refractivity contribution in [2.45, 2.75) is 39.0 Å². The molecule has 0 amide bonds. The van der Waals surface area contributed by atoms with E-state index in [9.17, 15) is 0 Å². The monoisotopic (exact) mass is 230 g/mol. The minimum Gasteiger partial charge on any atom is -0.385 e. The van der Waals surface area contributed by atoms with Gasteiger partial charge in [0.2, 0.25) is 0 Å². The number of rotatable bonds is 10. The first-order chi connectivity index (χ1) is 7.77. The maximum Gasteiger partial charge on any atom is 0.0564 e. The maximum atomic E-state index is 5.66. The Morgan fingerprint density at radius 1 is 1.00 bits per heavy atom. The highest BCUT2D eigenvalue weighted by Gasteiger charge is 2.33. The second-order valence-corrected chi connectivity index (χ2v) is 5.12. The van der Waals surface area contributed by atoms with E-state index in [-0.39, 0.29) is 0 Å². The Kier molecular flexibility index (Phi) is 7.01. The molecule has 3 heteroatoms. The van der Waals surface area contributed by atoms with Gasteiger partial charge in [0.15, 0.2) is 0 Å². The van der Waals surface area contributed by atoms with E-state index in [0.717, 1.165) is 33.0 Å². The molecule has 0 aromatic carbocycles. The van der Waals surface area contributed by atoms with Crippen molar-refractivity contribution in [2.75, 3.05) is 40.1 Å². The Morgan fingerprint density at radius 3 is 2.19 bits per heavy atom. The third-order valence-electron chi connectivity index (χ3n) is 2.99. The van der Waals surface area contributed by atoms with E-state index in [1.165, 1.54) is 32.1 Å². The highest BCUT2D eigenvalue weighted by molar-refractivity contribution is 4.79. The molecule has 1 heterocycles. The van der Waals surface area contributed by atoms with Crippen LogP contribution < -0.4 is 0 Å². The molecule has 0 radical (unpaired) electrons. The summed E-state index contributed by atoms with van der Waals surface area (Å²) in [7, 11) is 1.76. The van der Waals surface area contributed by atoms with Gasteiger partial charge < -0.3 is 14.2 Å². The standard InChI is InChI=1S/C13H26O3/c1-13(11-16-12-13)10-15-9-7-5-3-4-6-8-14-2/h3-12H2,1-2H3. The van der Waals surface area contributed by atoms with Crippen LogP contribution in [0.5, 0.6) is 0 Å². The van der Waals surface area contributed by atoms with Crippen molar-refractivity contribution in [1.82, 2.24) is 0 Å². The van der Waals surface area contributed by atoms with Gasteiger partial charge in [-0.25, -0.2) is 0 Å². The summed E-state index contributed by atoms with van der Waals surface area (Å²) in [5.74, 6) is 0. The van der Waals surface area contributed by atoms with Crippen molar-refractivity contribution in [3.05, 3.63) is 0 Å². The minimum absolute atomic E-state index is 0.304. The van der Waals surface area contributed by atoms with Crippen molar-refractivity contribution in [1.29, 1.82) is 0 Å². The lowest BCUT2D eigenvalue weighted by Gasteiger charge is -2.37. The molecular formula is C13H26O3. The number of ether oxygens (including phenoxy) is 3. The molecule has 0 aromatic heterocycles. The number of hydrogen-bond donors (Lipinski definition) is 0. The second kappa shape index (κ2) is 8.04. The van der Waals surface area contributed by atoms with Gasteiger partial charge in [0.1, 0.15) is 0 Å². The molecule has 0 aromatic rings. The van der Waals surface area contributed by atoms with Gasteiger partial charge in [-0.3, -0.25) is 0 Å². The Bertz CT molecular complexity index is 167. The van der Waals surface area contributed by atoms with E-state index in [1.54, 1.807) is 7.11 Å². The molecule has 1 fully saturated rings. The van der Waals surface area contributed by atoms with Crippen LogP contribution in [0, 0.1) is 5.41 Å². The molecule has 0 atom stereocenters. The summed E-state index contributed by atoms with van der Waals surface area (Å²) in [5, 5.41) is 0. The molecule has 1 aliphatic rings. The van der Waals surface area contributed by atoms with Gasteiger partial charge in [0.05, 0.1) is 19.8 Å². The average Bonchev–Trinajstić information content (AvgIpc) is 2.24. The van der Waals surface area contributed by atoms with Crippen molar-refractivity contribution >= 4 is 0 Å². The first-order valence-electron chi connectivity index (χ1n) is 6.41. The van der Waals surface area contributed by atoms with Crippen LogP contribution in [0.25, 0.3) is 0 Å². The van der Waals surface area contributed by atoms with E-state index >= 15 is 0 Å². The SMILES string of the molecule is COCCCCCCCOCC1(C)COC1. The van der Waals surface area contributed by atoms with Gasteiger partial charge in [-0.1, -0.05) is 26.2 Å². The highest BCUT2D eigenvalue weighted by atomic mass is 16.5. The Hall–Kier alpha value is -0.120. The molecule has 3 nitrogen and oxygen atoms in total.